The van der Waals surface area contributed by atoms with E-state index in [-0.39, 0.29) is 5.56 Å². The molecule has 0 bridgehead atoms. The second-order valence-electron chi connectivity index (χ2n) is 3.72. The largest absolute Gasteiger partial charge is 0.465 e. The Bertz CT molecular complexity index is 501. The maximum absolute atomic E-state index is 12.8. The fraction of sp³-hybridized carbons (Fsp3) is 0.364. The van der Waals surface area contributed by atoms with Crippen molar-refractivity contribution in [3.63, 3.8) is 0 Å². The minimum atomic E-state index is -5.32. The van der Waals surface area contributed by atoms with Crippen molar-refractivity contribution < 1.29 is 35.9 Å². The van der Waals surface area contributed by atoms with Gasteiger partial charge in [-0.1, -0.05) is 0 Å². The van der Waals surface area contributed by atoms with Crippen LogP contribution in [0.5, 0.6) is 0 Å². The molecule has 2 nitrogen and oxygen atoms in total. The van der Waals surface area contributed by atoms with Gasteiger partial charge in [-0.05, 0) is 24.6 Å². The summed E-state index contributed by atoms with van der Waals surface area (Å²) in [7, 11) is 0.790. The van der Waals surface area contributed by atoms with Gasteiger partial charge in [0, 0.05) is 0 Å². The molecule has 1 rings (SSSR count). The second kappa shape index (κ2) is 4.75. The zero-order valence-electron chi connectivity index (χ0n) is 9.74. The van der Waals surface area contributed by atoms with Crippen LogP contribution in [0, 0.1) is 6.92 Å². The summed E-state index contributed by atoms with van der Waals surface area (Å²) in [5.41, 5.74) is -5.21. The SMILES string of the molecule is COC(=O)c1cc(C)cc(C(F)(F)F)c1C(F)(F)F. The van der Waals surface area contributed by atoms with Gasteiger partial charge in [0.2, 0.25) is 0 Å². The molecule has 0 aliphatic rings. The standard InChI is InChI=1S/C11H8F6O2/c1-5-3-6(9(18)19-2)8(11(15,16)17)7(4-5)10(12,13)14/h3-4H,1-2H3. The van der Waals surface area contributed by atoms with Crippen molar-refractivity contribution in [3.8, 4) is 0 Å². The molecule has 0 amide bonds. The van der Waals surface area contributed by atoms with E-state index in [4.69, 9.17) is 0 Å². The molecule has 1 aromatic rings. The van der Waals surface area contributed by atoms with E-state index in [1.807, 2.05) is 0 Å². The molecule has 0 fully saturated rings. The van der Waals surface area contributed by atoms with Crippen molar-refractivity contribution in [1.82, 2.24) is 0 Å². The quantitative estimate of drug-likeness (QED) is 0.579. The van der Waals surface area contributed by atoms with Crippen LogP contribution in [-0.2, 0) is 17.1 Å². The van der Waals surface area contributed by atoms with Gasteiger partial charge in [0.15, 0.2) is 0 Å². The van der Waals surface area contributed by atoms with Gasteiger partial charge < -0.3 is 4.74 Å². The number of ether oxygens (including phenoxy) is 1. The number of alkyl halides is 6. The minimum Gasteiger partial charge on any atom is -0.465 e. The highest BCUT2D eigenvalue weighted by molar-refractivity contribution is 5.92. The van der Waals surface area contributed by atoms with Crippen LogP contribution in [0.2, 0.25) is 0 Å². The lowest BCUT2D eigenvalue weighted by Gasteiger charge is -2.19. The molecule has 0 aliphatic carbocycles. The summed E-state index contributed by atoms with van der Waals surface area (Å²) in [5.74, 6) is -1.47. The van der Waals surface area contributed by atoms with Crippen LogP contribution in [0.4, 0.5) is 26.3 Å². The van der Waals surface area contributed by atoms with E-state index in [0.29, 0.717) is 12.1 Å². The molecular weight excluding hydrogens is 278 g/mol. The van der Waals surface area contributed by atoms with Crippen LogP contribution in [0.1, 0.15) is 27.0 Å². The summed E-state index contributed by atoms with van der Waals surface area (Å²) in [5, 5.41) is 0. The zero-order valence-corrected chi connectivity index (χ0v) is 9.74. The Hall–Kier alpha value is -1.73. The summed E-state index contributed by atoms with van der Waals surface area (Å²) < 4.78 is 80.3. The monoisotopic (exact) mass is 286 g/mol. The molecule has 0 aliphatic heterocycles. The van der Waals surface area contributed by atoms with E-state index in [1.54, 1.807) is 0 Å². The number of esters is 1. The predicted octanol–water partition coefficient (Wildman–Crippen LogP) is 3.82. The molecule has 0 spiro atoms. The molecule has 0 aromatic heterocycles. The maximum atomic E-state index is 12.8. The average Bonchev–Trinajstić information content (AvgIpc) is 2.23. The highest BCUT2D eigenvalue weighted by Gasteiger charge is 2.46. The number of rotatable bonds is 1. The highest BCUT2D eigenvalue weighted by atomic mass is 19.4. The van der Waals surface area contributed by atoms with Crippen LogP contribution in [0.15, 0.2) is 12.1 Å². The molecule has 8 heteroatoms. The lowest BCUT2D eigenvalue weighted by atomic mass is 9.97. The number of benzene rings is 1. The number of halogens is 6. The second-order valence-corrected chi connectivity index (χ2v) is 3.72. The number of carbonyl (C=O) groups is 1. The minimum absolute atomic E-state index is 0.124. The third-order valence-electron chi connectivity index (χ3n) is 2.28. The van der Waals surface area contributed by atoms with E-state index in [2.05, 4.69) is 4.74 Å². The van der Waals surface area contributed by atoms with Crippen molar-refractivity contribution in [1.29, 1.82) is 0 Å². The van der Waals surface area contributed by atoms with E-state index in [9.17, 15) is 31.1 Å². The van der Waals surface area contributed by atoms with Crippen molar-refractivity contribution in [3.05, 3.63) is 34.4 Å². The van der Waals surface area contributed by atoms with Crippen LogP contribution >= 0.6 is 0 Å². The normalized spacial score (nSPS) is 12.4. The third-order valence-corrected chi connectivity index (χ3v) is 2.28. The van der Waals surface area contributed by atoms with Crippen molar-refractivity contribution >= 4 is 5.97 Å². The van der Waals surface area contributed by atoms with Gasteiger partial charge >= 0.3 is 18.3 Å². The average molecular weight is 286 g/mol. The van der Waals surface area contributed by atoms with Gasteiger partial charge in [-0.3, -0.25) is 0 Å². The predicted molar refractivity (Wildman–Crippen MR) is 52.5 cm³/mol. The zero-order chi connectivity index (χ0) is 15.0. The number of hydrogen-bond donors (Lipinski definition) is 0. The van der Waals surface area contributed by atoms with Crippen molar-refractivity contribution in [2.24, 2.45) is 0 Å². The van der Waals surface area contributed by atoms with Gasteiger partial charge in [0.05, 0.1) is 23.8 Å². The van der Waals surface area contributed by atoms with Gasteiger partial charge in [-0.25, -0.2) is 4.79 Å². The van der Waals surface area contributed by atoms with E-state index in [0.717, 1.165) is 14.0 Å². The molecule has 0 atom stereocenters. The molecule has 19 heavy (non-hydrogen) atoms. The van der Waals surface area contributed by atoms with Gasteiger partial charge in [-0.15, -0.1) is 0 Å². The summed E-state index contributed by atoms with van der Waals surface area (Å²) in [6.07, 6.45) is -10.5. The van der Waals surface area contributed by atoms with Gasteiger partial charge in [0.25, 0.3) is 0 Å². The van der Waals surface area contributed by atoms with Gasteiger partial charge in [0.1, 0.15) is 0 Å². The number of aryl methyl sites for hydroxylation is 1. The summed E-state index contributed by atoms with van der Waals surface area (Å²) in [6.45, 7) is 1.15. The van der Waals surface area contributed by atoms with Gasteiger partial charge in [-0.2, -0.15) is 26.3 Å². The first-order valence-electron chi connectivity index (χ1n) is 4.86. The molecule has 0 unspecified atom stereocenters. The molecule has 106 valence electrons. The maximum Gasteiger partial charge on any atom is 0.417 e. The summed E-state index contributed by atoms with van der Waals surface area (Å²) in [4.78, 5) is 11.2. The Balaban J connectivity index is 3.74. The third kappa shape index (κ3) is 3.18. The van der Waals surface area contributed by atoms with Crippen LogP contribution in [0.25, 0.3) is 0 Å². The molecule has 0 saturated carbocycles. The molecule has 0 radical (unpaired) electrons. The molecule has 0 saturated heterocycles. The Labute approximate surface area is 104 Å². The Morgan fingerprint density at radius 2 is 1.58 bits per heavy atom. The lowest BCUT2D eigenvalue weighted by molar-refractivity contribution is -0.162. The van der Waals surface area contributed by atoms with Crippen LogP contribution < -0.4 is 0 Å². The summed E-state index contributed by atoms with van der Waals surface area (Å²) in [6, 6.07) is 1.05. The lowest BCUT2D eigenvalue weighted by Crippen LogP contribution is -2.22. The first kappa shape index (κ1) is 15.3. The van der Waals surface area contributed by atoms with Crippen LogP contribution in [0.3, 0.4) is 0 Å². The molecular formula is C11H8F6O2. The Morgan fingerprint density at radius 3 is 1.95 bits per heavy atom. The molecule has 1 aromatic carbocycles. The number of hydrogen-bond acceptors (Lipinski definition) is 2. The number of carbonyl (C=O) groups excluding carboxylic acids is 1. The Kier molecular flexibility index (Phi) is 3.83. The van der Waals surface area contributed by atoms with E-state index in [1.165, 1.54) is 0 Å². The first-order chi connectivity index (χ1) is 8.48. The van der Waals surface area contributed by atoms with Crippen molar-refractivity contribution in [2.45, 2.75) is 19.3 Å². The van der Waals surface area contributed by atoms with Crippen molar-refractivity contribution in [2.75, 3.05) is 7.11 Å². The smallest absolute Gasteiger partial charge is 0.417 e. The highest BCUT2D eigenvalue weighted by Crippen LogP contribution is 2.42. The molecule has 0 heterocycles. The fourth-order valence-corrected chi connectivity index (χ4v) is 1.59. The summed E-state index contributed by atoms with van der Waals surface area (Å²) >= 11 is 0. The number of methoxy groups -OCH3 is 1. The fourth-order valence-electron chi connectivity index (χ4n) is 1.59. The van der Waals surface area contributed by atoms with E-state index >= 15 is 0 Å². The first-order valence-corrected chi connectivity index (χ1v) is 4.86. The Morgan fingerprint density at radius 1 is 1.05 bits per heavy atom. The molecule has 0 N–H and O–H groups in total. The van der Waals surface area contributed by atoms with E-state index < -0.39 is 35.0 Å². The van der Waals surface area contributed by atoms with Crippen LogP contribution in [-0.4, -0.2) is 13.1 Å². The topological polar surface area (TPSA) is 26.3 Å².